The molecule has 1 aromatic rings. The van der Waals surface area contributed by atoms with E-state index in [1.54, 1.807) is 0 Å². The molecule has 1 aromatic heterocycles. The Morgan fingerprint density at radius 2 is 1.89 bits per heavy atom. The fourth-order valence-corrected chi connectivity index (χ4v) is 3.01. The van der Waals surface area contributed by atoms with Crippen LogP contribution < -0.4 is 5.73 Å². The second-order valence-corrected chi connectivity index (χ2v) is 5.64. The molecule has 104 valence electrons. The number of aromatic nitrogens is 1. The SMILES string of the molecule is Cc1c(C#N)c(N)n(CC(C)N2CCCCC2)c1C. The van der Waals surface area contributed by atoms with Crippen molar-refractivity contribution in [1.82, 2.24) is 9.47 Å². The van der Waals surface area contributed by atoms with E-state index < -0.39 is 0 Å². The monoisotopic (exact) mass is 260 g/mol. The standard InChI is InChI=1S/C15H24N4/c1-11(18-7-5-4-6-8-18)10-19-13(3)12(2)14(9-16)15(19)17/h11H,4-8,10,17H2,1-3H3. The number of piperidine rings is 1. The molecule has 0 radical (unpaired) electrons. The number of hydrogen-bond acceptors (Lipinski definition) is 3. The van der Waals surface area contributed by atoms with Crippen molar-refractivity contribution in [3.63, 3.8) is 0 Å². The van der Waals surface area contributed by atoms with E-state index in [2.05, 4.69) is 29.4 Å². The Balaban J connectivity index is 2.17. The maximum Gasteiger partial charge on any atom is 0.122 e. The van der Waals surface area contributed by atoms with Crippen LogP contribution in [0, 0.1) is 25.2 Å². The lowest BCUT2D eigenvalue weighted by atomic mass is 10.1. The Labute approximate surface area is 115 Å². The molecule has 0 saturated carbocycles. The zero-order valence-electron chi connectivity index (χ0n) is 12.2. The van der Waals surface area contributed by atoms with E-state index in [1.807, 2.05) is 6.92 Å². The summed E-state index contributed by atoms with van der Waals surface area (Å²) in [5, 5.41) is 9.17. The molecule has 4 nitrogen and oxygen atoms in total. The van der Waals surface area contributed by atoms with E-state index in [9.17, 15) is 0 Å². The van der Waals surface area contributed by atoms with Crippen LogP contribution >= 0.6 is 0 Å². The van der Waals surface area contributed by atoms with Crippen LogP contribution in [-0.2, 0) is 6.54 Å². The Morgan fingerprint density at radius 3 is 2.42 bits per heavy atom. The van der Waals surface area contributed by atoms with Crippen LogP contribution in [0.1, 0.15) is 43.0 Å². The predicted octanol–water partition coefficient (Wildman–Crippen LogP) is 2.43. The average Bonchev–Trinajstić information content (AvgIpc) is 2.63. The van der Waals surface area contributed by atoms with Crippen molar-refractivity contribution in [2.45, 2.75) is 52.6 Å². The van der Waals surface area contributed by atoms with Crippen LogP contribution in [0.5, 0.6) is 0 Å². The number of nitriles is 1. The molecule has 1 atom stereocenters. The highest BCUT2D eigenvalue weighted by Gasteiger charge is 2.21. The fraction of sp³-hybridized carbons (Fsp3) is 0.667. The third kappa shape index (κ3) is 2.62. The maximum absolute atomic E-state index is 9.17. The van der Waals surface area contributed by atoms with Gasteiger partial charge in [-0.25, -0.2) is 0 Å². The van der Waals surface area contributed by atoms with Crippen molar-refractivity contribution in [2.75, 3.05) is 18.8 Å². The Morgan fingerprint density at radius 1 is 1.26 bits per heavy atom. The minimum absolute atomic E-state index is 0.472. The van der Waals surface area contributed by atoms with Crippen LogP contribution in [0.4, 0.5) is 5.82 Å². The summed E-state index contributed by atoms with van der Waals surface area (Å²) in [6.07, 6.45) is 3.95. The molecule has 0 bridgehead atoms. The van der Waals surface area contributed by atoms with Crippen molar-refractivity contribution in [1.29, 1.82) is 5.26 Å². The van der Waals surface area contributed by atoms with Gasteiger partial charge in [-0.1, -0.05) is 6.42 Å². The first kappa shape index (κ1) is 14.0. The zero-order valence-corrected chi connectivity index (χ0v) is 12.2. The van der Waals surface area contributed by atoms with Crippen LogP contribution in [0.15, 0.2) is 0 Å². The third-order valence-electron chi connectivity index (χ3n) is 4.44. The lowest BCUT2D eigenvalue weighted by molar-refractivity contribution is 0.160. The van der Waals surface area contributed by atoms with Gasteiger partial charge in [0.25, 0.3) is 0 Å². The first-order chi connectivity index (χ1) is 9.06. The predicted molar refractivity (Wildman–Crippen MR) is 77.9 cm³/mol. The third-order valence-corrected chi connectivity index (χ3v) is 4.44. The molecule has 2 rings (SSSR count). The van der Waals surface area contributed by atoms with E-state index in [0.717, 1.165) is 17.8 Å². The molecule has 1 aliphatic rings. The van der Waals surface area contributed by atoms with Crippen LogP contribution in [0.2, 0.25) is 0 Å². The number of anilines is 1. The zero-order chi connectivity index (χ0) is 14.0. The van der Waals surface area contributed by atoms with Gasteiger partial charge in [0.1, 0.15) is 11.9 Å². The molecule has 1 unspecified atom stereocenters. The summed E-state index contributed by atoms with van der Waals surface area (Å²) in [5.74, 6) is 0.626. The molecule has 0 amide bonds. The molecule has 0 spiro atoms. The molecule has 2 N–H and O–H groups in total. The summed E-state index contributed by atoms with van der Waals surface area (Å²) in [7, 11) is 0. The number of hydrogen-bond donors (Lipinski definition) is 1. The van der Waals surface area contributed by atoms with Crippen LogP contribution in [0.25, 0.3) is 0 Å². The molecular weight excluding hydrogens is 236 g/mol. The van der Waals surface area contributed by atoms with Gasteiger partial charge in [0.15, 0.2) is 0 Å². The molecule has 1 fully saturated rings. The summed E-state index contributed by atoms with van der Waals surface area (Å²) < 4.78 is 2.10. The highest BCUT2D eigenvalue weighted by Crippen LogP contribution is 2.24. The highest BCUT2D eigenvalue weighted by atomic mass is 15.2. The van der Waals surface area contributed by atoms with E-state index >= 15 is 0 Å². The largest absolute Gasteiger partial charge is 0.384 e. The number of nitrogen functional groups attached to an aromatic ring is 1. The molecule has 19 heavy (non-hydrogen) atoms. The molecule has 1 aliphatic heterocycles. The summed E-state index contributed by atoms with van der Waals surface area (Å²) in [6, 6.07) is 2.69. The van der Waals surface area contributed by atoms with Gasteiger partial charge < -0.3 is 10.3 Å². The lowest BCUT2D eigenvalue weighted by Gasteiger charge is -2.33. The summed E-state index contributed by atoms with van der Waals surface area (Å²) >= 11 is 0. The highest BCUT2D eigenvalue weighted by molar-refractivity contribution is 5.57. The van der Waals surface area contributed by atoms with Crippen molar-refractivity contribution in [3.05, 3.63) is 16.8 Å². The van der Waals surface area contributed by atoms with Crippen molar-refractivity contribution in [3.8, 4) is 6.07 Å². The second-order valence-electron chi connectivity index (χ2n) is 5.64. The number of rotatable bonds is 3. The molecular formula is C15H24N4. The minimum atomic E-state index is 0.472. The van der Waals surface area contributed by atoms with E-state index in [-0.39, 0.29) is 0 Å². The van der Waals surface area contributed by atoms with Crippen LogP contribution in [0.3, 0.4) is 0 Å². The summed E-state index contributed by atoms with van der Waals surface area (Å²) in [5.41, 5.74) is 8.90. The van der Waals surface area contributed by atoms with Gasteiger partial charge in [0, 0.05) is 18.3 Å². The van der Waals surface area contributed by atoms with E-state index in [0.29, 0.717) is 17.4 Å². The number of nitrogens with zero attached hydrogens (tertiary/aromatic N) is 3. The summed E-state index contributed by atoms with van der Waals surface area (Å²) in [4.78, 5) is 2.53. The van der Waals surface area contributed by atoms with Gasteiger partial charge in [-0.2, -0.15) is 5.26 Å². The Hall–Kier alpha value is -1.47. The fourth-order valence-electron chi connectivity index (χ4n) is 3.01. The first-order valence-corrected chi connectivity index (χ1v) is 7.15. The second kappa shape index (κ2) is 5.66. The van der Waals surface area contributed by atoms with Gasteiger partial charge in [0.05, 0.1) is 5.56 Å². The minimum Gasteiger partial charge on any atom is -0.384 e. The van der Waals surface area contributed by atoms with E-state index in [4.69, 9.17) is 11.0 Å². The van der Waals surface area contributed by atoms with Crippen molar-refractivity contribution < 1.29 is 0 Å². The smallest absolute Gasteiger partial charge is 0.122 e. The van der Waals surface area contributed by atoms with Gasteiger partial charge in [-0.3, -0.25) is 4.90 Å². The van der Waals surface area contributed by atoms with Crippen LogP contribution in [-0.4, -0.2) is 28.6 Å². The molecule has 0 aromatic carbocycles. The quantitative estimate of drug-likeness (QED) is 0.908. The topological polar surface area (TPSA) is 58.0 Å². The molecule has 1 saturated heterocycles. The number of likely N-dealkylation sites (tertiary alicyclic amines) is 1. The van der Waals surface area contributed by atoms with Gasteiger partial charge in [-0.15, -0.1) is 0 Å². The van der Waals surface area contributed by atoms with Crippen molar-refractivity contribution in [2.24, 2.45) is 0 Å². The first-order valence-electron chi connectivity index (χ1n) is 7.15. The normalized spacial score (nSPS) is 18.2. The molecule has 4 heteroatoms. The van der Waals surface area contributed by atoms with Gasteiger partial charge in [-0.05, 0) is 52.3 Å². The average molecular weight is 260 g/mol. The molecule has 2 heterocycles. The Bertz CT molecular complexity index is 489. The van der Waals surface area contributed by atoms with E-state index in [1.165, 1.54) is 32.4 Å². The maximum atomic E-state index is 9.17. The Kier molecular flexibility index (Phi) is 4.16. The molecule has 0 aliphatic carbocycles. The van der Waals surface area contributed by atoms with Crippen molar-refractivity contribution >= 4 is 5.82 Å². The van der Waals surface area contributed by atoms with Gasteiger partial charge >= 0.3 is 0 Å². The summed E-state index contributed by atoms with van der Waals surface area (Å²) in [6.45, 7) is 9.53. The number of nitrogens with two attached hydrogens (primary N) is 1. The van der Waals surface area contributed by atoms with Gasteiger partial charge in [0.2, 0.25) is 0 Å². The lowest BCUT2D eigenvalue weighted by Crippen LogP contribution is -2.40.